The van der Waals surface area contributed by atoms with Gasteiger partial charge in [0.2, 0.25) is 10.0 Å². The number of hydrogen-bond donors (Lipinski definition) is 2. The number of nitrogens with zero attached hydrogens (tertiary/aromatic N) is 2. The van der Waals surface area contributed by atoms with Gasteiger partial charge in [0.15, 0.2) is 0 Å². The summed E-state index contributed by atoms with van der Waals surface area (Å²) in [4.78, 5) is 4.07. The lowest BCUT2D eigenvalue weighted by Gasteiger charge is -2.07. The molecule has 102 valence electrons. The number of hydrogen-bond acceptors (Lipinski definition) is 4. The van der Waals surface area contributed by atoms with Gasteiger partial charge in [-0.1, -0.05) is 12.1 Å². The average molecular weight is 281 g/mol. The van der Waals surface area contributed by atoms with Gasteiger partial charge < -0.3 is 9.67 Å². The number of aromatic nitrogens is 2. The van der Waals surface area contributed by atoms with Gasteiger partial charge >= 0.3 is 0 Å². The number of nitrogens with one attached hydrogen (secondary N) is 1. The first kappa shape index (κ1) is 13.7. The Balaban J connectivity index is 1.97. The summed E-state index contributed by atoms with van der Waals surface area (Å²) in [5.41, 5.74) is 0.678. The van der Waals surface area contributed by atoms with Crippen molar-refractivity contribution >= 4 is 10.0 Å². The van der Waals surface area contributed by atoms with E-state index in [-0.39, 0.29) is 11.5 Å². The maximum absolute atomic E-state index is 12.0. The van der Waals surface area contributed by atoms with Gasteiger partial charge in [0.1, 0.15) is 0 Å². The second kappa shape index (κ2) is 5.96. The highest BCUT2D eigenvalue weighted by Gasteiger charge is 2.12. The van der Waals surface area contributed by atoms with Crippen molar-refractivity contribution < 1.29 is 13.5 Å². The molecule has 0 spiro atoms. The normalized spacial score (nSPS) is 11.6. The summed E-state index contributed by atoms with van der Waals surface area (Å²) in [6.07, 6.45) is 5.04. The number of benzene rings is 1. The Morgan fingerprint density at radius 3 is 2.58 bits per heavy atom. The topological polar surface area (TPSA) is 84.2 Å². The molecule has 1 aromatic heterocycles. The number of aliphatic hydroxyl groups is 1. The zero-order chi connectivity index (χ0) is 13.7. The average Bonchev–Trinajstić information content (AvgIpc) is 2.92. The molecule has 0 aliphatic heterocycles. The maximum Gasteiger partial charge on any atom is 0.240 e. The smallest absolute Gasteiger partial charge is 0.240 e. The molecular weight excluding hydrogens is 266 g/mol. The zero-order valence-corrected chi connectivity index (χ0v) is 11.0. The molecule has 0 saturated heterocycles. The lowest BCUT2D eigenvalue weighted by molar-refractivity contribution is 0.282. The van der Waals surface area contributed by atoms with Gasteiger partial charge in [0.25, 0.3) is 0 Å². The summed E-state index contributed by atoms with van der Waals surface area (Å²) in [5.74, 6) is 0. The van der Waals surface area contributed by atoms with Crippen LogP contribution in [0.15, 0.2) is 47.9 Å². The fourth-order valence-corrected chi connectivity index (χ4v) is 2.61. The van der Waals surface area contributed by atoms with E-state index in [0.29, 0.717) is 18.7 Å². The van der Waals surface area contributed by atoms with E-state index in [2.05, 4.69) is 9.71 Å². The molecule has 1 aromatic carbocycles. The van der Waals surface area contributed by atoms with Crippen LogP contribution in [0.3, 0.4) is 0 Å². The summed E-state index contributed by atoms with van der Waals surface area (Å²) in [7, 11) is -3.50. The van der Waals surface area contributed by atoms with Crippen molar-refractivity contribution in [3.05, 3.63) is 48.5 Å². The SMILES string of the molecule is O=S(=O)(NCCn1ccnc1)c1ccc(CO)cc1. The molecule has 1 heterocycles. The van der Waals surface area contributed by atoms with E-state index in [1.54, 1.807) is 35.4 Å². The molecule has 0 atom stereocenters. The molecule has 0 aliphatic carbocycles. The van der Waals surface area contributed by atoms with Gasteiger partial charge in [0.05, 0.1) is 17.8 Å². The predicted molar refractivity (Wildman–Crippen MR) is 69.8 cm³/mol. The zero-order valence-electron chi connectivity index (χ0n) is 10.2. The van der Waals surface area contributed by atoms with Crippen LogP contribution >= 0.6 is 0 Å². The number of imidazole rings is 1. The molecule has 0 radical (unpaired) electrons. The minimum Gasteiger partial charge on any atom is -0.392 e. The van der Waals surface area contributed by atoms with E-state index in [0.717, 1.165) is 0 Å². The molecular formula is C12H15N3O3S. The molecule has 0 unspecified atom stereocenters. The lowest BCUT2D eigenvalue weighted by atomic mass is 10.2. The number of sulfonamides is 1. The Morgan fingerprint density at radius 1 is 1.26 bits per heavy atom. The lowest BCUT2D eigenvalue weighted by Crippen LogP contribution is -2.27. The standard InChI is InChI=1S/C12H15N3O3S/c16-9-11-1-3-12(4-2-11)19(17,18)14-6-8-15-7-5-13-10-15/h1-5,7,10,14,16H,6,8-9H2. The summed E-state index contributed by atoms with van der Waals surface area (Å²) in [6.45, 7) is 0.711. The van der Waals surface area contributed by atoms with Gasteiger partial charge in [-0.25, -0.2) is 18.1 Å². The molecule has 0 fully saturated rings. The highest BCUT2D eigenvalue weighted by atomic mass is 32.2. The van der Waals surface area contributed by atoms with Gasteiger partial charge in [-0.05, 0) is 17.7 Å². The van der Waals surface area contributed by atoms with Crippen molar-refractivity contribution in [2.75, 3.05) is 6.54 Å². The van der Waals surface area contributed by atoms with Gasteiger partial charge in [-0.2, -0.15) is 0 Å². The van der Waals surface area contributed by atoms with Gasteiger partial charge in [0, 0.05) is 25.5 Å². The Kier molecular flexibility index (Phi) is 4.31. The molecule has 0 amide bonds. The molecule has 2 aromatic rings. The first-order valence-electron chi connectivity index (χ1n) is 5.77. The molecule has 2 N–H and O–H groups in total. The Labute approximate surface area is 111 Å². The van der Waals surface area contributed by atoms with E-state index < -0.39 is 10.0 Å². The van der Waals surface area contributed by atoms with E-state index in [1.165, 1.54) is 12.1 Å². The molecule has 6 nitrogen and oxygen atoms in total. The molecule has 0 saturated carbocycles. The maximum atomic E-state index is 12.0. The highest BCUT2D eigenvalue weighted by Crippen LogP contribution is 2.10. The van der Waals surface area contributed by atoms with Crippen molar-refractivity contribution in [2.45, 2.75) is 18.0 Å². The molecule has 19 heavy (non-hydrogen) atoms. The third-order valence-electron chi connectivity index (χ3n) is 2.64. The highest BCUT2D eigenvalue weighted by molar-refractivity contribution is 7.89. The van der Waals surface area contributed by atoms with E-state index in [9.17, 15) is 8.42 Å². The largest absolute Gasteiger partial charge is 0.392 e. The monoisotopic (exact) mass is 281 g/mol. The molecule has 0 aliphatic rings. The van der Waals surface area contributed by atoms with Crippen LogP contribution in [-0.4, -0.2) is 29.6 Å². The summed E-state index contributed by atoms with van der Waals surface area (Å²) < 4.78 is 28.2. The van der Waals surface area contributed by atoms with E-state index in [4.69, 9.17) is 5.11 Å². The van der Waals surface area contributed by atoms with Crippen molar-refractivity contribution in [3.63, 3.8) is 0 Å². The fraction of sp³-hybridized carbons (Fsp3) is 0.250. The Morgan fingerprint density at radius 2 is 2.00 bits per heavy atom. The fourth-order valence-electron chi connectivity index (χ4n) is 1.59. The third kappa shape index (κ3) is 3.63. The second-order valence-electron chi connectivity index (χ2n) is 4.00. The Hall–Kier alpha value is -1.70. The number of rotatable bonds is 6. The van der Waals surface area contributed by atoms with Gasteiger partial charge in [-0.15, -0.1) is 0 Å². The first-order chi connectivity index (χ1) is 9.12. The van der Waals surface area contributed by atoms with E-state index in [1.807, 2.05) is 0 Å². The van der Waals surface area contributed by atoms with Crippen molar-refractivity contribution in [1.29, 1.82) is 0 Å². The molecule has 2 rings (SSSR count). The van der Waals surface area contributed by atoms with Gasteiger partial charge in [-0.3, -0.25) is 0 Å². The molecule has 0 bridgehead atoms. The number of aliphatic hydroxyl groups excluding tert-OH is 1. The quantitative estimate of drug-likeness (QED) is 0.800. The van der Waals surface area contributed by atoms with Crippen LogP contribution in [-0.2, 0) is 23.2 Å². The van der Waals surface area contributed by atoms with Crippen molar-refractivity contribution in [3.8, 4) is 0 Å². The Bertz CT molecular complexity index is 606. The van der Waals surface area contributed by atoms with E-state index >= 15 is 0 Å². The van der Waals surface area contributed by atoms with Crippen LogP contribution in [0.5, 0.6) is 0 Å². The molecule has 7 heteroatoms. The third-order valence-corrected chi connectivity index (χ3v) is 4.11. The summed E-state index contributed by atoms with van der Waals surface area (Å²) >= 11 is 0. The minimum atomic E-state index is -3.50. The van der Waals surface area contributed by atoms with Crippen LogP contribution in [0.4, 0.5) is 0 Å². The van der Waals surface area contributed by atoms with Crippen LogP contribution < -0.4 is 4.72 Å². The second-order valence-corrected chi connectivity index (χ2v) is 5.77. The van der Waals surface area contributed by atoms with Crippen LogP contribution in [0.2, 0.25) is 0 Å². The predicted octanol–water partition coefficient (Wildman–Crippen LogP) is 0.354. The summed E-state index contributed by atoms with van der Waals surface area (Å²) in [5, 5.41) is 8.90. The minimum absolute atomic E-state index is 0.103. The van der Waals surface area contributed by atoms with Crippen molar-refractivity contribution in [1.82, 2.24) is 14.3 Å². The van der Waals surface area contributed by atoms with Crippen LogP contribution in [0.25, 0.3) is 0 Å². The van der Waals surface area contributed by atoms with Crippen LogP contribution in [0.1, 0.15) is 5.56 Å². The van der Waals surface area contributed by atoms with Crippen molar-refractivity contribution in [2.24, 2.45) is 0 Å². The van der Waals surface area contributed by atoms with Crippen LogP contribution in [0, 0.1) is 0 Å². The summed E-state index contributed by atoms with van der Waals surface area (Å²) in [6, 6.07) is 6.13. The first-order valence-corrected chi connectivity index (χ1v) is 7.25.